The number of carbonyl (C=O) groups is 3. The Morgan fingerprint density at radius 2 is 1.90 bits per heavy atom. The van der Waals surface area contributed by atoms with Crippen LogP contribution in [0, 0.1) is 5.92 Å². The zero-order valence-corrected chi connectivity index (χ0v) is 13.0. The lowest BCUT2D eigenvalue weighted by Gasteiger charge is -2.38. The third-order valence-electron chi connectivity index (χ3n) is 3.61. The molecule has 6 heteroatoms. The Balaban J connectivity index is 3.01. The Labute approximate surface area is 119 Å². The van der Waals surface area contributed by atoms with E-state index in [-0.39, 0.29) is 18.7 Å². The zero-order valence-electron chi connectivity index (χ0n) is 13.0. The van der Waals surface area contributed by atoms with E-state index in [0.717, 1.165) is 0 Å². The van der Waals surface area contributed by atoms with Crippen LogP contribution >= 0.6 is 0 Å². The van der Waals surface area contributed by atoms with Gasteiger partial charge in [0, 0.05) is 6.42 Å². The molecule has 1 aliphatic heterocycles. The van der Waals surface area contributed by atoms with Crippen LogP contribution in [0.25, 0.3) is 0 Å². The maximum Gasteiger partial charge on any atom is 0.411 e. The summed E-state index contributed by atoms with van der Waals surface area (Å²) >= 11 is 0. The quantitative estimate of drug-likeness (QED) is 0.723. The molecule has 1 heterocycles. The number of nitrogens with zero attached hydrogens (tertiary/aromatic N) is 1. The fraction of sp³-hybridized carbons (Fsp3) is 0.786. The minimum Gasteiger partial charge on any atom is -0.469 e. The third kappa shape index (κ3) is 3.29. The van der Waals surface area contributed by atoms with Crippen LogP contribution < -0.4 is 0 Å². The number of Topliss-reactive ketones (excluding diaryl/α,β-unsaturated/α-hetero) is 1. The number of carbonyl (C=O) groups excluding carboxylic acids is 3. The first kappa shape index (κ1) is 16.5. The molecule has 0 saturated carbocycles. The second-order valence-electron chi connectivity index (χ2n) is 6.38. The summed E-state index contributed by atoms with van der Waals surface area (Å²) in [6, 6.07) is 0. The fourth-order valence-electron chi connectivity index (χ4n) is 2.32. The molecule has 1 fully saturated rings. The number of rotatable bonds is 2. The molecule has 0 aromatic carbocycles. The monoisotopic (exact) mass is 285 g/mol. The van der Waals surface area contributed by atoms with Crippen LogP contribution in [0.15, 0.2) is 0 Å². The number of ketones is 1. The van der Waals surface area contributed by atoms with Crippen LogP contribution in [-0.4, -0.2) is 47.5 Å². The van der Waals surface area contributed by atoms with Crippen molar-refractivity contribution in [2.24, 2.45) is 5.92 Å². The van der Waals surface area contributed by atoms with Gasteiger partial charge in [0.1, 0.15) is 5.60 Å². The maximum absolute atomic E-state index is 12.2. The number of hydrogen-bond acceptors (Lipinski definition) is 5. The Morgan fingerprint density at radius 3 is 2.35 bits per heavy atom. The van der Waals surface area contributed by atoms with Crippen molar-refractivity contribution < 1.29 is 23.9 Å². The Hall–Kier alpha value is -1.59. The summed E-state index contributed by atoms with van der Waals surface area (Å²) in [5, 5.41) is 0. The number of methoxy groups -OCH3 is 1. The van der Waals surface area contributed by atoms with Crippen molar-refractivity contribution in [1.82, 2.24) is 4.90 Å². The molecule has 0 aliphatic carbocycles. The molecule has 0 radical (unpaired) electrons. The molecule has 0 bridgehead atoms. The molecule has 1 rings (SSSR count). The van der Waals surface area contributed by atoms with Gasteiger partial charge in [-0.15, -0.1) is 0 Å². The molecule has 0 spiro atoms. The minimum atomic E-state index is -0.910. The number of esters is 1. The zero-order chi connectivity index (χ0) is 15.7. The van der Waals surface area contributed by atoms with E-state index in [4.69, 9.17) is 9.47 Å². The maximum atomic E-state index is 12.2. The number of hydrogen-bond donors (Lipinski definition) is 0. The predicted molar refractivity (Wildman–Crippen MR) is 72.1 cm³/mol. The molecule has 1 saturated heterocycles. The van der Waals surface area contributed by atoms with Crippen molar-refractivity contribution >= 4 is 17.8 Å². The van der Waals surface area contributed by atoms with E-state index in [0.29, 0.717) is 0 Å². The lowest BCUT2D eigenvalue weighted by Crippen LogP contribution is -2.53. The number of ether oxygens (including phenoxy) is 2. The molecule has 2 atom stereocenters. The lowest BCUT2D eigenvalue weighted by atomic mass is 9.84. The molecule has 1 aliphatic rings. The average Bonchev–Trinajstić information content (AvgIpc) is 2.62. The molecule has 0 N–H and O–H groups in total. The minimum absolute atomic E-state index is 0.0350. The normalized spacial score (nSPS) is 24.5. The summed E-state index contributed by atoms with van der Waals surface area (Å²) in [5.41, 5.74) is -1.56. The van der Waals surface area contributed by atoms with Crippen molar-refractivity contribution in [3.05, 3.63) is 0 Å². The first-order valence-corrected chi connectivity index (χ1v) is 6.61. The van der Waals surface area contributed by atoms with Gasteiger partial charge >= 0.3 is 12.1 Å². The summed E-state index contributed by atoms with van der Waals surface area (Å²) in [6.07, 6.45) is -0.454. The number of likely N-dealkylation sites (tertiary alicyclic amines) is 1. The number of amides is 1. The van der Waals surface area contributed by atoms with E-state index >= 15 is 0 Å². The molecule has 0 aromatic rings. The van der Waals surface area contributed by atoms with Gasteiger partial charge in [0.15, 0.2) is 5.78 Å². The van der Waals surface area contributed by atoms with Gasteiger partial charge < -0.3 is 9.47 Å². The molecule has 0 unspecified atom stereocenters. The summed E-state index contributed by atoms with van der Waals surface area (Å²) in [7, 11) is 1.29. The average molecular weight is 285 g/mol. The first-order valence-electron chi connectivity index (χ1n) is 6.61. The van der Waals surface area contributed by atoms with Crippen LogP contribution in [0.4, 0.5) is 4.79 Å². The Bertz CT molecular complexity index is 426. The van der Waals surface area contributed by atoms with E-state index in [9.17, 15) is 14.4 Å². The Morgan fingerprint density at radius 1 is 1.35 bits per heavy atom. The van der Waals surface area contributed by atoms with Crippen molar-refractivity contribution in [3.63, 3.8) is 0 Å². The van der Waals surface area contributed by atoms with E-state index in [1.165, 1.54) is 12.0 Å². The van der Waals surface area contributed by atoms with Crippen molar-refractivity contribution in [1.29, 1.82) is 0 Å². The first-order chi connectivity index (χ1) is 9.01. The van der Waals surface area contributed by atoms with Gasteiger partial charge in [-0.05, 0) is 34.6 Å². The lowest BCUT2D eigenvalue weighted by molar-refractivity contribution is -0.149. The van der Waals surface area contributed by atoms with E-state index in [1.807, 2.05) is 0 Å². The molecular formula is C14H23NO5. The second kappa shape index (κ2) is 5.42. The highest BCUT2D eigenvalue weighted by Gasteiger charge is 2.51. The third-order valence-corrected chi connectivity index (χ3v) is 3.61. The van der Waals surface area contributed by atoms with Gasteiger partial charge in [-0.2, -0.15) is 0 Å². The van der Waals surface area contributed by atoms with Crippen LogP contribution in [0.3, 0.4) is 0 Å². The SMILES string of the molecule is COC(=O)[C@H](C)[C@]1(C)CC(=O)CN1C(=O)OC(C)(C)C. The van der Waals surface area contributed by atoms with Crippen LogP contribution in [0.2, 0.25) is 0 Å². The summed E-state index contributed by atoms with van der Waals surface area (Å²) in [6.45, 7) is 8.59. The van der Waals surface area contributed by atoms with Crippen LogP contribution in [0.5, 0.6) is 0 Å². The van der Waals surface area contributed by atoms with E-state index < -0.39 is 29.1 Å². The highest BCUT2D eigenvalue weighted by molar-refractivity contribution is 5.91. The molecular weight excluding hydrogens is 262 g/mol. The molecule has 1 amide bonds. The summed E-state index contributed by atoms with van der Waals surface area (Å²) < 4.78 is 10.0. The largest absolute Gasteiger partial charge is 0.469 e. The van der Waals surface area contributed by atoms with Gasteiger partial charge in [0.05, 0.1) is 25.1 Å². The van der Waals surface area contributed by atoms with Gasteiger partial charge in [-0.3, -0.25) is 14.5 Å². The topological polar surface area (TPSA) is 72.9 Å². The van der Waals surface area contributed by atoms with Gasteiger partial charge in [0.25, 0.3) is 0 Å². The molecule has 6 nitrogen and oxygen atoms in total. The van der Waals surface area contributed by atoms with Gasteiger partial charge in [-0.1, -0.05) is 0 Å². The van der Waals surface area contributed by atoms with Gasteiger partial charge in [-0.25, -0.2) is 4.79 Å². The highest BCUT2D eigenvalue weighted by atomic mass is 16.6. The smallest absolute Gasteiger partial charge is 0.411 e. The second-order valence-corrected chi connectivity index (χ2v) is 6.38. The molecule has 20 heavy (non-hydrogen) atoms. The van der Waals surface area contributed by atoms with E-state index in [2.05, 4.69) is 0 Å². The Kier molecular flexibility index (Phi) is 4.46. The van der Waals surface area contributed by atoms with Crippen LogP contribution in [0.1, 0.15) is 41.0 Å². The molecule has 114 valence electrons. The van der Waals surface area contributed by atoms with Gasteiger partial charge in [0.2, 0.25) is 0 Å². The highest BCUT2D eigenvalue weighted by Crippen LogP contribution is 2.35. The molecule has 0 aromatic heterocycles. The van der Waals surface area contributed by atoms with E-state index in [1.54, 1.807) is 34.6 Å². The van der Waals surface area contributed by atoms with Crippen molar-refractivity contribution in [2.45, 2.75) is 52.2 Å². The predicted octanol–water partition coefficient (Wildman–Crippen LogP) is 1.76. The summed E-state index contributed by atoms with van der Waals surface area (Å²) in [5.74, 6) is -1.14. The fourth-order valence-corrected chi connectivity index (χ4v) is 2.32. The van der Waals surface area contributed by atoms with Crippen molar-refractivity contribution in [3.8, 4) is 0 Å². The summed E-state index contributed by atoms with van der Waals surface area (Å²) in [4.78, 5) is 37.1. The standard InChI is InChI=1S/C14H23NO5/c1-9(11(17)19-6)14(5)7-10(16)8-15(14)12(18)20-13(2,3)4/h9H,7-8H2,1-6H3/t9-,14-/m0/s1. The van der Waals surface area contributed by atoms with Crippen molar-refractivity contribution in [2.75, 3.05) is 13.7 Å². The van der Waals surface area contributed by atoms with Crippen LogP contribution in [-0.2, 0) is 19.1 Å².